The average Bonchev–Trinajstić information content (AvgIpc) is 2.94. The average molecular weight is 252 g/mol. The molecule has 0 bridgehead atoms. The van der Waals surface area contributed by atoms with Crippen molar-refractivity contribution in [3.63, 3.8) is 0 Å². The molecule has 0 saturated carbocycles. The molecular formula is C13H20N2OS. The predicted octanol–water partition coefficient (Wildman–Crippen LogP) is 2.76. The van der Waals surface area contributed by atoms with Crippen LogP contribution in [0.5, 0.6) is 0 Å². The minimum absolute atomic E-state index is 0.0920. The Kier molecular flexibility index (Phi) is 4.18. The van der Waals surface area contributed by atoms with Crippen LogP contribution in [0.1, 0.15) is 44.2 Å². The van der Waals surface area contributed by atoms with Crippen molar-refractivity contribution in [1.29, 1.82) is 0 Å². The summed E-state index contributed by atoms with van der Waals surface area (Å²) < 4.78 is 0. The van der Waals surface area contributed by atoms with Gasteiger partial charge in [0, 0.05) is 10.9 Å². The molecular weight excluding hydrogens is 232 g/mol. The van der Waals surface area contributed by atoms with E-state index in [0.717, 1.165) is 6.42 Å². The first kappa shape index (κ1) is 12.6. The lowest BCUT2D eigenvalue weighted by Crippen LogP contribution is -2.37. The number of nitrogens with one attached hydrogen (secondary N) is 1. The van der Waals surface area contributed by atoms with E-state index in [0.29, 0.717) is 12.6 Å². The number of nitrogens with zero attached hydrogens (tertiary/aromatic N) is 1. The summed E-state index contributed by atoms with van der Waals surface area (Å²) in [7, 11) is 0. The lowest BCUT2D eigenvalue weighted by molar-refractivity contribution is -0.130. The number of amides is 1. The van der Waals surface area contributed by atoms with Gasteiger partial charge in [-0.1, -0.05) is 25.8 Å². The molecule has 2 atom stereocenters. The van der Waals surface area contributed by atoms with Gasteiger partial charge in [0.15, 0.2) is 0 Å². The Morgan fingerprint density at radius 2 is 2.47 bits per heavy atom. The van der Waals surface area contributed by atoms with Gasteiger partial charge in [-0.2, -0.15) is 0 Å². The van der Waals surface area contributed by atoms with Crippen LogP contribution in [0.15, 0.2) is 17.5 Å². The highest BCUT2D eigenvalue weighted by molar-refractivity contribution is 7.10. The van der Waals surface area contributed by atoms with Crippen molar-refractivity contribution >= 4 is 17.2 Å². The molecule has 0 spiro atoms. The van der Waals surface area contributed by atoms with Crippen LogP contribution in [0.3, 0.4) is 0 Å². The molecule has 0 aliphatic carbocycles. The normalized spacial score (nSPS) is 22.1. The molecule has 1 fully saturated rings. The van der Waals surface area contributed by atoms with Gasteiger partial charge < -0.3 is 4.90 Å². The van der Waals surface area contributed by atoms with Crippen molar-refractivity contribution in [2.75, 3.05) is 6.54 Å². The van der Waals surface area contributed by atoms with Crippen LogP contribution in [0.25, 0.3) is 0 Å². The van der Waals surface area contributed by atoms with E-state index in [1.54, 1.807) is 11.3 Å². The van der Waals surface area contributed by atoms with Gasteiger partial charge in [0.05, 0.1) is 6.54 Å². The highest BCUT2D eigenvalue weighted by atomic mass is 32.1. The predicted molar refractivity (Wildman–Crippen MR) is 70.9 cm³/mol. The van der Waals surface area contributed by atoms with E-state index in [-0.39, 0.29) is 12.1 Å². The van der Waals surface area contributed by atoms with Crippen molar-refractivity contribution < 1.29 is 4.79 Å². The molecule has 1 N–H and O–H groups in total. The van der Waals surface area contributed by atoms with Crippen molar-refractivity contribution in [3.8, 4) is 0 Å². The topological polar surface area (TPSA) is 32.3 Å². The van der Waals surface area contributed by atoms with E-state index in [9.17, 15) is 4.79 Å². The maximum atomic E-state index is 12.0. The molecule has 2 rings (SSSR count). The highest BCUT2D eigenvalue weighted by Gasteiger charge is 2.34. The zero-order valence-corrected chi connectivity index (χ0v) is 11.3. The minimum atomic E-state index is 0.0920. The van der Waals surface area contributed by atoms with Gasteiger partial charge in [0.25, 0.3) is 0 Å². The second-order valence-corrected chi connectivity index (χ2v) is 5.57. The third kappa shape index (κ3) is 2.69. The smallest absolute Gasteiger partial charge is 0.238 e. The Morgan fingerprint density at radius 3 is 3.12 bits per heavy atom. The van der Waals surface area contributed by atoms with E-state index in [1.807, 2.05) is 11.0 Å². The fourth-order valence-corrected chi connectivity index (χ4v) is 3.14. The van der Waals surface area contributed by atoms with Crippen molar-refractivity contribution in [3.05, 3.63) is 22.4 Å². The molecule has 3 nitrogen and oxygen atoms in total. The number of unbranched alkanes of at least 4 members (excludes halogenated alkanes) is 1. The first-order chi connectivity index (χ1) is 8.24. The van der Waals surface area contributed by atoms with E-state index in [1.165, 1.54) is 17.7 Å². The van der Waals surface area contributed by atoms with Crippen LogP contribution in [-0.4, -0.2) is 23.4 Å². The Bertz CT molecular complexity index is 364. The molecule has 1 aromatic heterocycles. The second kappa shape index (κ2) is 5.65. The third-order valence-corrected chi connectivity index (χ3v) is 4.20. The first-order valence-corrected chi connectivity index (χ1v) is 7.20. The molecule has 1 aliphatic heterocycles. The molecule has 1 saturated heterocycles. The number of carbonyl (C=O) groups is 1. The molecule has 1 aliphatic rings. The third-order valence-electron chi connectivity index (χ3n) is 3.28. The molecule has 94 valence electrons. The summed E-state index contributed by atoms with van der Waals surface area (Å²) in [6.45, 7) is 4.81. The van der Waals surface area contributed by atoms with Crippen LogP contribution in [0.4, 0.5) is 0 Å². The summed E-state index contributed by atoms with van der Waals surface area (Å²) >= 11 is 1.71. The maximum Gasteiger partial charge on any atom is 0.238 e. The molecule has 1 aromatic rings. The van der Waals surface area contributed by atoms with Crippen LogP contribution in [-0.2, 0) is 4.79 Å². The highest BCUT2D eigenvalue weighted by Crippen LogP contribution is 2.29. The van der Waals surface area contributed by atoms with Crippen molar-refractivity contribution in [2.24, 2.45) is 0 Å². The van der Waals surface area contributed by atoms with Gasteiger partial charge in [-0.05, 0) is 24.8 Å². The second-order valence-electron chi connectivity index (χ2n) is 4.59. The zero-order chi connectivity index (χ0) is 12.3. The quantitative estimate of drug-likeness (QED) is 0.874. The molecule has 2 heterocycles. The number of thiophene rings is 1. The van der Waals surface area contributed by atoms with Gasteiger partial charge in [0.2, 0.25) is 5.91 Å². The van der Waals surface area contributed by atoms with Crippen molar-refractivity contribution in [1.82, 2.24) is 10.2 Å². The van der Waals surface area contributed by atoms with E-state index in [4.69, 9.17) is 0 Å². The number of hydrogen-bond acceptors (Lipinski definition) is 3. The SMILES string of the molecule is CCCCC(C)N1C(=O)CNC1c1cccs1. The van der Waals surface area contributed by atoms with E-state index in [2.05, 4.69) is 30.6 Å². The fourth-order valence-electron chi connectivity index (χ4n) is 2.34. The molecule has 17 heavy (non-hydrogen) atoms. The van der Waals surface area contributed by atoms with Crippen LogP contribution >= 0.6 is 11.3 Å². The summed E-state index contributed by atoms with van der Waals surface area (Å²) in [5, 5.41) is 5.37. The monoisotopic (exact) mass is 252 g/mol. The van der Waals surface area contributed by atoms with Crippen molar-refractivity contribution in [2.45, 2.75) is 45.3 Å². The lowest BCUT2D eigenvalue weighted by Gasteiger charge is -2.29. The minimum Gasteiger partial charge on any atom is -0.318 e. The molecule has 0 radical (unpaired) electrons. The number of rotatable bonds is 5. The Hall–Kier alpha value is -0.870. The summed E-state index contributed by atoms with van der Waals surface area (Å²) in [6, 6.07) is 4.46. The largest absolute Gasteiger partial charge is 0.318 e. The maximum absolute atomic E-state index is 12.0. The number of carbonyl (C=O) groups excluding carboxylic acids is 1. The fraction of sp³-hybridized carbons (Fsp3) is 0.615. The Morgan fingerprint density at radius 1 is 1.65 bits per heavy atom. The summed E-state index contributed by atoms with van der Waals surface area (Å²) in [4.78, 5) is 15.2. The Labute approximate surface area is 107 Å². The van der Waals surface area contributed by atoms with E-state index < -0.39 is 0 Å². The van der Waals surface area contributed by atoms with Gasteiger partial charge in [0.1, 0.15) is 6.17 Å². The van der Waals surface area contributed by atoms with E-state index >= 15 is 0 Å². The van der Waals surface area contributed by atoms with Gasteiger partial charge in [-0.25, -0.2) is 0 Å². The first-order valence-electron chi connectivity index (χ1n) is 6.32. The molecule has 1 amide bonds. The molecule has 0 aromatic carbocycles. The van der Waals surface area contributed by atoms with Crippen LogP contribution in [0, 0.1) is 0 Å². The number of hydrogen-bond donors (Lipinski definition) is 1. The summed E-state index contributed by atoms with van der Waals surface area (Å²) in [5.74, 6) is 0.229. The lowest BCUT2D eigenvalue weighted by atomic mass is 10.1. The molecule has 2 unspecified atom stereocenters. The van der Waals surface area contributed by atoms with Gasteiger partial charge in [-0.15, -0.1) is 11.3 Å². The summed E-state index contributed by atoms with van der Waals surface area (Å²) in [5.41, 5.74) is 0. The zero-order valence-electron chi connectivity index (χ0n) is 10.5. The standard InChI is InChI=1S/C13H20N2OS/c1-3-4-6-10(2)15-12(16)9-14-13(15)11-7-5-8-17-11/h5,7-8,10,13-14H,3-4,6,9H2,1-2H3. The molecule has 4 heteroatoms. The van der Waals surface area contributed by atoms with Gasteiger partial charge >= 0.3 is 0 Å². The van der Waals surface area contributed by atoms with Crippen LogP contribution < -0.4 is 5.32 Å². The Balaban J connectivity index is 2.09. The van der Waals surface area contributed by atoms with Crippen LogP contribution in [0.2, 0.25) is 0 Å². The summed E-state index contributed by atoms with van der Waals surface area (Å²) in [6.07, 6.45) is 3.55. The van der Waals surface area contributed by atoms with Gasteiger partial charge in [-0.3, -0.25) is 10.1 Å².